The Labute approximate surface area is 128 Å². The second-order valence-corrected chi connectivity index (χ2v) is 4.89. The van der Waals surface area contributed by atoms with Gasteiger partial charge in [0.15, 0.2) is 0 Å². The van der Waals surface area contributed by atoms with Crippen LogP contribution >= 0.6 is 15.9 Å². The van der Waals surface area contributed by atoms with Crippen molar-refractivity contribution in [3.8, 4) is 12.1 Å². The van der Waals surface area contributed by atoms with Gasteiger partial charge in [-0.1, -0.05) is 6.07 Å². The van der Waals surface area contributed by atoms with E-state index in [2.05, 4.69) is 21.2 Å². The average molecular weight is 344 g/mol. The normalized spacial score (nSPS) is 9.52. The van der Waals surface area contributed by atoms with Crippen molar-refractivity contribution in [3.63, 3.8) is 0 Å². The molecule has 102 valence electrons. The zero-order valence-electron chi connectivity index (χ0n) is 10.5. The molecule has 0 bridgehead atoms. The van der Waals surface area contributed by atoms with Gasteiger partial charge < -0.3 is 5.32 Å². The first-order chi connectivity index (χ1) is 10.1. The lowest BCUT2D eigenvalue weighted by Crippen LogP contribution is -2.14. The second-order valence-electron chi connectivity index (χ2n) is 4.04. The van der Waals surface area contributed by atoms with Crippen molar-refractivity contribution in [3.05, 3.63) is 63.4 Å². The zero-order valence-corrected chi connectivity index (χ0v) is 12.1. The maximum absolute atomic E-state index is 13.8. The van der Waals surface area contributed by atoms with Gasteiger partial charge in [0.05, 0.1) is 21.2 Å². The zero-order chi connectivity index (χ0) is 15.4. The maximum Gasteiger partial charge on any atom is 0.258 e. The molecule has 0 atom stereocenters. The van der Waals surface area contributed by atoms with E-state index in [9.17, 15) is 9.18 Å². The van der Waals surface area contributed by atoms with E-state index in [1.807, 2.05) is 12.1 Å². The number of hydrogen-bond donors (Lipinski definition) is 1. The Kier molecular flexibility index (Phi) is 4.32. The molecule has 1 amide bonds. The fraction of sp³-hybridized carbons (Fsp3) is 0. The molecule has 0 aliphatic heterocycles. The molecule has 1 N–H and O–H groups in total. The third kappa shape index (κ3) is 3.07. The number of carbonyl (C=O) groups excluding carboxylic acids is 1. The quantitative estimate of drug-likeness (QED) is 0.905. The minimum absolute atomic E-state index is 0.118. The van der Waals surface area contributed by atoms with Gasteiger partial charge >= 0.3 is 0 Å². The summed E-state index contributed by atoms with van der Waals surface area (Å²) >= 11 is 3.01. The van der Waals surface area contributed by atoms with Crippen LogP contribution in [0.25, 0.3) is 0 Å². The number of nitrogens with zero attached hydrogens (tertiary/aromatic N) is 2. The summed E-state index contributed by atoms with van der Waals surface area (Å²) in [5.74, 6) is -1.30. The van der Waals surface area contributed by atoms with E-state index in [0.717, 1.165) is 0 Å². The van der Waals surface area contributed by atoms with Crippen LogP contribution in [0.5, 0.6) is 0 Å². The molecule has 0 unspecified atom stereocenters. The van der Waals surface area contributed by atoms with Gasteiger partial charge in [-0.2, -0.15) is 10.5 Å². The molecule has 0 spiro atoms. The van der Waals surface area contributed by atoms with Crippen molar-refractivity contribution in [2.45, 2.75) is 0 Å². The van der Waals surface area contributed by atoms with Crippen LogP contribution in [-0.4, -0.2) is 5.91 Å². The maximum atomic E-state index is 13.8. The number of halogens is 2. The molecule has 2 aromatic carbocycles. The molecule has 0 aliphatic rings. The van der Waals surface area contributed by atoms with E-state index in [4.69, 9.17) is 10.5 Å². The molecule has 0 aromatic heterocycles. The predicted molar refractivity (Wildman–Crippen MR) is 77.9 cm³/mol. The molecular weight excluding hydrogens is 337 g/mol. The molecule has 0 aliphatic carbocycles. The average Bonchev–Trinajstić information content (AvgIpc) is 2.49. The Morgan fingerprint density at radius 3 is 2.52 bits per heavy atom. The van der Waals surface area contributed by atoms with Crippen molar-refractivity contribution in [1.29, 1.82) is 10.5 Å². The Balaban J connectivity index is 2.31. The molecule has 2 rings (SSSR count). The molecule has 6 heteroatoms. The highest BCUT2D eigenvalue weighted by Gasteiger charge is 2.14. The summed E-state index contributed by atoms with van der Waals surface area (Å²) in [4.78, 5) is 12.0. The SMILES string of the molecule is N#Cc1ccc(NC(=O)c2cccc(Br)c2F)cc1C#N. The van der Waals surface area contributed by atoms with Crippen molar-refractivity contribution in [1.82, 2.24) is 0 Å². The second kappa shape index (κ2) is 6.17. The topological polar surface area (TPSA) is 76.7 Å². The summed E-state index contributed by atoms with van der Waals surface area (Å²) in [6, 6.07) is 12.4. The van der Waals surface area contributed by atoms with Crippen LogP contribution in [0.3, 0.4) is 0 Å². The van der Waals surface area contributed by atoms with Gasteiger partial charge in [-0.25, -0.2) is 4.39 Å². The van der Waals surface area contributed by atoms with Crippen LogP contribution in [0.15, 0.2) is 40.9 Å². The number of benzene rings is 2. The van der Waals surface area contributed by atoms with Crippen LogP contribution in [0, 0.1) is 28.5 Å². The highest BCUT2D eigenvalue weighted by atomic mass is 79.9. The van der Waals surface area contributed by atoms with E-state index in [-0.39, 0.29) is 21.2 Å². The molecule has 21 heavy (non-hydrogen) atoms. The Bertz CT molecular complexity index is 806. The summed E-state index contributed by atoms with van der Waals surface area (Å²) in [7, 11) is 0. The first-order valence-corrected chi connectivity index (χ1v) is 6.55. The summed E-state index contributed by atoms with van der Waals surface area (Å²) in [5, 5.41) is 20.2. The Hall–Kier alpha value is -2.70. The predicted octanol–water partition coefficient (Wildman–Crippen LogP) is 3.58. The molecule has 0 heterocycles. The largest absolute Gasteiger partial charge is 0.322 e. The summed E-state index contributed by atoms with van der Waals surface area (Å²) in [6.45, 7) is 0. The van der Waals surface area contributed by atoms with E-state index in [0.29, 0.717) is 5.69 Å². The number of nitriles is 2. The number of anilines is 1. The number of hydrogen-bond acceptors (Lipinski definition) is 3. The fourth-order valence-electron chi connectivity index (χ4n) is 1.69. The van der Waals surface area contributed by atoms with Crippen LogP contribution < -0.4 is 5.32 Å². The van der Waals surface area contributed by atoms with Crippen LogP contribution in [0.4, 0.5) is 10.1 Å². The standard InChI is InChI=1S/C15H7BrFN3O/c16-13-3-1-2-12(14(13)17)15(21)20-11-5-4-9(7-18)10(6-11)8-19/h1-6H,(H,20,21). The lowest BCUT2D eigenvalue weighted by atomic mass is 10.1. The van der Waals surface area contributed by atoms with Crippen molar-refractivity contribution in [2.24, 2.45) is 0 Å². The third-order valence-corrected chi connectivity index (χ3v) is 3.33. The van der Waals surface area contributed by atoms with Gasteiger partial charge in [-0.05, 0) is 46.3 Å². The van der Waals surface area contributed by atoms with E-state index >= 15 is 0 Å². The van der Waals surface area contributed by atoms with Crippen molar-refractivity contribution < 1.29 is 9.18 Å². The Morgan fingerprint density at radius 2 is 1.86 bits per heavy atom. The van der Waals surface area contributed by atoms with Gasteiger partial charge in [-0.15, -0.1) is 0 Å². The monoisotopic (exact) mass is 343 g/mol. The molecular formula is C15H7BrFN3O. The molecule has 0 fully saturated rings. The van der Waals surface area contributed by atoms with Crippen molar-refractivity contribution in [2.75, 3.05) is 5.32 Å². The van der Waals surface area contributed by atoms with E-state index < -0.39 is 11.7 Å². The van der Waals surface area contributed by atoms with Gasteiger partial charge in [0.2, 0.25) is 0 Å². The highest BCUT2D eigenvalue weighted by Crippen LogP contribution is 2.20. The van der Waals surface area contributed by atoms with Crippen LogP contribution in [0.1, 0.15) is 21.5 Å². The number of nitrogens with one attached hydrogen (secondary N) is 1. The molecule has 0 saturated carbocycles. The molecule has 2 aromatic rings. The lowest BCUT2D eigenvalue weighted by molar-refractivity contribution is 0.102. The number of amides is 1. The minimum atomic E-state index is -0.663. The smallest absolute Gasteiger partial charge is 0.258 e. The minimum Gasteiger partial charge on any atom is -0.322 e. The number of carbonyl (C=O) groups is 1. The third-order valence-electron chi connectivity index (χ3n) is 2.71. The first-order valence-electron chi connectivity index (χ1n) is 5.76. The lowest BCUT2D eigenvalue weighted by Gasteiger charge is -2.07. The van der Waals surface area contributed by atoms with Gasteiger partial charge in [0, 0.05) is 5.69 Å². The first kappa shape index (κ1) is 14.7. The number of rotatable bonds is 2. The molecule has 0 saturated heterocycles. The summed E-state index contributed by atoms with van der Waals surface area (Å²) in [5.41, 5.74) is 0.552. The van der Waals surface area contributed by atoms with Gasteiger partial charge in [-0.3, -0.25) is 4.79 Å². The van der Waals surface area contributed by atoms with Gasteiger partial charge in [0.1, 0.15) is 18.0 Å². The van der Waals surface area contributed by atoms with E-state index in [1.165, 1.54) is 30.3 Å². The summed E-state index contributed by atoms with van der Waals surface area (Å²) in [6.07, 6.45) is 0. The highest BCUT2D eigenvalue weighted by molar-refractivity contribution is 9.10. The molecule has 0 radical (unpaired) electrons. The molecule has 4 nitrogen and oxygen atoms in total. The van der Waals surface area contributed by atoms with Crippen LogP contribution in [0.2, 0.25) is 0 Å². The van der Waals surface area contributed by atoms with E-state index in [1.54, 1.807) is 6.07 Å². The summed E-state index contributed by atoms with van der Waals surface area (Å²) < 4.78 is 14.0. The fourth-order valence-corrected chi connectivity index (χ4v) is 2.06. The van der Waals surface area contributed by atoms with Crippen LogP contribution in [-0.2, 0) is 0 Å². The van der Waals surface area contributed by atoms with Crippen molar-refractivity contribution >= 4 is 27.5 Å². The Morgan fingerprint density at radius 1 is 1.14 bits per heavy atom. The van der Waals surface area contributed by atoms with Gasteiger partial charge in [0.25, 0.3) is 5.91 Å².